The Morgan fingerprint density at radius 2 is 2.07 bits per heavy atom. The second kappa shape index (κ2) is 4.35. The van der Waals surface area contributed by atoms with E-state index < -0.39 is 0 Å². The number of hydrogen-bond acceptors (Lipinski definition) is 3. The van der Waals surface area contributed by atoms with Gasteiger partial charge in [-0.3, -0.25) is 0 Å². The Morgan fingerprint density at radius 1 is 1.40 bits per heavy atom. The molecule has 1 fully saturated rings. The summed E-state index contributed by atoms with van der Waals surface area (Å²) in [5.41, 5.74) is 1.09. The summed E-state index contributed by atoms with van der Waals surface area (Å²) in [4.78, 5) is 6.94. The molecule has 1 aromatic rings. The lowest BCUT2D eigenvalue weighted by Gasteiger charge is -2.26. The molecule has 3 heteroatoms. The van der Waals surface area contributed by atoms with E-state index in [0.29, 0.717) is 11.8 Å². The van der Waals surface area contributed by atoms with Crippen molar-refractivity contribution < 1.29 is 4.42 Å². The van der Waals surface area contributed by atoms with Crippen molar-refractivity contribution in [1.29, 1.82) is 0 Å². The summed E-state index contributed by atoms with van der Waals surface area (Å²) in [5, 5.41) is 0. The number of oxazole rings is 1. The van der Waals surface area contributed by atoms with Crippen LogP contribution >= 0.6 is 0 Å². The van der Waals surface area contributed by atoms with Crippen molar-refractivity contribution in [1.82, 2.24) is 9.88 Å². The third-order valence-corrected chi connectivity index (χ3v) is 3.20. The van der Waals surface area contributed by atoms with Gasteiger partial charge in [0, 0.05) is 5.92 Å². The van der Waals surface area contributed by atoms with E-state index in [0.717, 1.165) is 24.7 Å². The molecule has 1 aromatic heterocycles. The van der Waals surface area contributed by atoms with E-state index in [1.807, 2.05) is 6.26 Å². The Morgan fingerprint density at radius 3 is 2.60 bits per heavy atom. The lowest BCUT2D eigenvalue weighted by Crippen LogP contribution is -2.29. The fraction of sp³-hybridized carbons (Fsp3) is 0.750. The molecule has 1 aliphatic heterocycles. The average Bonchev–Trinajstić information content (AvgIpc) is 2.68. The molecular formula is C12H20N2O. The third-order valence-electron chi connectivity index (χ3n) is 3.20. The number of rotatable bonds is 2. The van der Waals surface area contributed by atoms with Crippen molar-refractivity contribution >= 4 is 0 Å². The predicted molar refractivity (Wildman–Crippen MR) is 60.1 cm³/mol. The Bertz CT molecular complexity index is 311. The zero-order valence-electron chi connectivity index (χ0n) is 9.86. The molecule has 0 aliphatic carbocycles. The van der Waals surface area contributed by atoms with Crippen LogP contribution in [0.4, 0.5) is 0 Å². The summed E-state index contributed by atoms with van der Waals surface area (Å²) < 4.78 is 5.57. The summed E-state index contributed by atoms with van der Waals surface area (Å²) in [6.07, 6.45) is 4.17. The van der Waals surface area contributed by atoms with Crippen molar-refractivity contribution in [3.8, 4) is 0 Å². The molecule has 1 aliphatic rings. The van der Waals surface area contributed by atoms with Crippen molar-refractivity contribution in [3.63, 3.8) is 0 Å². The summed E-state index contributed by atoms with van der Waals surface area (Å²) in [7, 11) is 2.17. The number of nitrogens with zero attached hydrogens (tertiary/aromatic N) is 2. The summed E-state index contributed by atoms with van der Waals surface area (Å²) >= 11 is 0. The lowest BCUT2D eigenvalue weighted by atomic mass is 9.97. The summed E-state index contributed by atoms with van der Waals surface area (Å²) in [6.45, 7) is 6.61. The molecule has 0 unspecified atom stereocenters. The van der Waals surface area contributed by atoms with Crippen LogP contribution in [0.25, 0.3) is 0 Å². The summed E-state index contributed by atoms with van der Waals surface area (Å²) in [6, 6.07) is 0. The highest BCUT2D eigenvalue weighted by molar-refractivity contribution is 5.05. The van der Waals surface area contributed by atoms with Gasteiger partial charge in [0.1, 0.15) is 6.26 Å². The van der Waals surface area contributed by atoms with Crippen LogP contribution in [0.15, 0.2) is 10.7 Å². The quantitative estimate of drug-likeness (QED) is 0.748. The molecule has 0 saturated carbocycles. The Hall–Kier alpha value is -0.830. The molecule has 1 saturated heterocycles. The minimum absolute atomic E-state index is 0.466. The first-order valence-corrected chi connectivity index (χ1v) is 5.80. The second-order valence-electron chi connectivity index (χ2n) is 4.84. The summed E-state index contributed by atoms with van der Waals surface area (Å²) in [5.74, 6) is 1.95. The lowest BCUT2D eigenvalue weighted by molar-refractivity contribution is 0.237. The largest absolute Gasteiger partial charge is 0.448 e. The fourth-order valence-corrected chi connectivity index (χ4v) is 2.01. The molecule has 84 valence electrons. The van der Waals surface area contributed by atoms with E-state index in [1.165, 1.54) is 12.8 Å². The minimum Gasteiger partial charge on any atom is -0.448 e. The SMILES string of the molecule is CC(C)c1coc(C2CCN(C)CC2)n1. The Balaban J connectivity index is 2.03. The molecule has 0 amide bonds. The van der Waals surface area contributed by atoms with Gasteiger partial charge >= 0.3 is 0 Å². The second-order valence-corrected chi connectivity index (χ2v) is 4.84. The molecule has 15 heavy (non-hydrogen) atoms. The fourth-order valence-electron chi connectivity index (χ4n) is 2.01. The molecule has 0 spiro atoms. The van der Waals surface area contributed by atoms with Crippen LogP contribution in [-0.4, -0.2) is 30.0 Å². The maximum Gasteiger partial charge on any atom is 0.197 e. The van der Waals surface area contributed by atoms with Gasteiger partial charge in [0.15, 0.2) is 5.89 Å². The first-order valence-electron chi connectivity index (χ1n) is 5.80. The van der Waals surface area contributed by atoms with E-state index in [9.17, 15) is 0 Å². The Kier molecular flexibility index (Phi) is 3.10. The van der Waals surface area contributed by atoms with Gasteiger partial charge in [-0.1, -0.05) is 13.8 Å². The van der Waals surface area contributed by atoms with Crippen LogP contribution in [0.3, 0.4) is 0 Å². The molecule has 0 aromatic carbocycles. The normalized spacial score (nSPS) is 20.0. The first kappa shape index (κ1) is 10.7. The maximum absolute atomic E-state index is 5.57. The van der Waals surface area contributed by atoms with Gasteiger partial charge < -0.3 is 9.32 Å². The average molecular weight is 208 g/mol. The highest BCUT2D eigenvalue weighted by Gasteiger charge is 2.22. The molecule has 2 heterocycles. The number of likely N-dealkylation sites (tertiary alicyclic amines) is 1. The topological polar surface area (TPSA) is 29.3 Å². The van der Waals surface area contributed by atoms with Gasteiger partial charge in [0.25, 0.3) is 0 Å². The number of hydrogen-bond donors (Lipinski definition) is 0. The Labute approximate surface area is 91.5 Å². The molecular weight excluding hydrogens is 188 g/mol. The highest BCUT2D eigenvalue weighted by Crippen LogP contribution is 2.27. The van der Waals surface area contributed by atoms with E-state index in [1.54, 1.807) is 0 Å². The van der Waals surface area contributed by atoms with Crippen LogP contribution < -0.4 is 0 Å². The van der Waals surface area contributed by atoms with Gasteiger partial charge in [-0.25, -0.2) is 4.98 Å². The van der Waals surface area contributed by atoms with Gasteiger partial charge in [0.05, 0.1) is 5.69 Å². The maximum atomic E-state index is 5.57. The molecule has 0 N–H and O–H groups in total. The predicted octanol–water partition coefficient (Wildman–Crippen LogP) is 2.61. The molecule has 0 bridgehead atoms. The minimum atomic E-state index is 0.466. The van der Waals surface area contributed by atoms with Crippen LogP contribution in [0.1, 0.15) is 50.1 Å². The van der Waals surface area contributed by atoms with Gasteiger partial charge in [-0.05, 0) is 38.9 Å². The van der Waals surface area contributed by atoms with Crippen LogP contribution in [0.2, 0.25) is 0 Å². The monoisotopic (exact) mass is 208 g/mol. The van der Waals surface area contributed by atoms with Gasteiger partial charge in [-0.15, -0.1) is 0 Å². The third kappa shape index (κ3) is 2.40. The van der Waals surface area contributed by atoms with Crippen molar-refractivity contribution in [2.45, 2.75) is 38.5 Å². The van der Waals surface area contributed by atoms with E-state index in [2.05, 4.69) is 30.8 Å². The smallest absolute Gasteiger partial charge is 0.197 e. The van der Waals surface area contributed by atoms with Crippen LogP contribution in [-0.2, 0) is 0 Å². The van der Waals surface area contributed by atoms with E-state index in [4.69, 9.17) is 4.42 Å². The van der Waals surface area contributed by atoms with Gasteiger partial charge in [-0.2, -0.15) is 0 Å². The van der Waals surface area contributed by atoms with E-state index in [-0.39, 0.29) is 0 Å². The standard InChI is InChI=1S/C12H20N2O/c1-9(2)11-8-15-12(13-11)10-4-6-14(3)7-5-10/h8-10H,4-7H2,1-3H3. The zero-order chi connectivity index (χ0) is 10.8. The van der Waals surface area contributed by atoms with Crippen LogP contribution in [0.5, 0.6) is 0 Å². The highest BCUT2D eigenvalue weighted by atomic mass is 16.3. The first-order chi connectivity index (χ1) is 7.16. The van der Waals surface area contributed by atoms with Crippen molar-refractivity contribution in [3.05, 3.63) is 17.8 Å². The van der Waals surface area contributed by atoms with Crippen LogP contribution in [0, 0.1) is 0 Å². The van der Waals surface area contributed by atoms with Crippen molar-refractivity contribution in [2.24, 2.45) is 0 Å². The molecule has 3 nitrogen and oxygen atoms in total. The number of piperidine rings is 1. The molecule has 0 atom stereocenters. The number of aromatic nitrogens is 1. The molecule has 0 radical (unpaired) electrons. The molecule has 2 rings (SSSR count). The van der Waals surface area contributed by atoms with Gasteiger partial charge in [0.2, 0.25) is 0 Å². The zero-order valence-corrected chi connectivity index (χ0v) is 9.86. The van der Waals surface area contributed by atoms with E-state index >= 15 is 0 Å². The van der Waals surface area contributed by atoms with Crippen molar-refractivity contribution in [2.75, 3.05) is 20.1 Å².